The van der Waals surface area contributed by atoms with Crippen LogP contribution in [0.5, 0.6) is 0 Å². The number of aryl methyl sites for hydroxylation is 1. The number of ether oxygens (including phenoxy) is 1. The number of aliphatic hydroxyl groups is 1. The molecule has 240 valence electrons. The Kier molecular flexibility index (Phi) is 8.95. The first-order valence-electron chi connectivity index (χ1n) is 16.3. The first-order chi connectivity index (χ1) is 21.6. The van der Waals surface area contributed by atoms with E-state index in [2.05, 4.69) is 10.3 Å². The maximum atomic E-state index is 16.2. The molecule has 0 aliphatic carbocycles. The lowest BCUT2D eigenvalue weighted by atomic mass is 9.82. The summed E-state index contributed by atoms with van der Waals surface area (Å²) in [6, 6.07) is 15.7. The van der Waals surface area contributed by atoms with E-state index in [1.165, 1.54) is 0 Å². The molecule has 4 heterocycles. The first kappa shape index (κ1) is 31.6. The van der Waals surface area contributed by atoms with Gasteiger partial charge in [0.25, 0.3) is 5.91 Å². The Morgan fingerprint density at radius 1 is 1.09 bits per heavy atom. The van der Waals surface area contributed by atoms with Gasteiger partial charge >= 0.3 is 0 Å². The molecule has 1 aromatic heterocycles. The Morgan fingerprint density at radius 2 is 1.89 bits per heavy atom. The summed E-state index contributed by atoms with van der Waals surface area (Å²) in [5.74, 6) is -0.397. The van der Waals surface area contributed by atoms with Crippen molar-refractivity contribution >= 4 is 31.6 Å². The third-order valence-electron chi connectivity index (χ3n) is 9.85. The summed E-state index contributed by atoms with van der Waals surface area (Å²) in [4.78, 5) is 31.3. The Hall–Kier alpha value is -3.41. The number of rotatable bonds is 9. The smallest absolute Gasteiger partial charge is 0.264 e. The molecular formula is C34H44FN5O4Si. The van der Waals surface area contributed by atoms with E-state index in [9.17, 15) is 14.7 Å². The summed E-state index contributed by atoms with van der Waals surface area (Å²) in [5, 5.41) is 17.5. The van der Waals surface area contributed by atoms with Gasteiger partial charge in [-0.05, 0) is 56.1 Å². The van der Waals surface area contributed by atoms with Crippen molar-refractivity contribution in [1.82, 2.24) is 15.0 Å². The van der Waals surface area contributed by atoms with Gasteiger partial charge in [0.15, 0.2) is 5.60 Å². The highest BCUT2D eigenvalue weighted by molar-refractivity contribution is 6.72. The van der Waals surface area contributed by atoms with Crippen molar-refractivity contribution < 1.29 is 23.5 Å². The number of halogens is 1. The molecule has 11 heteroatoms. The normalized spacial score (nSPS) is 25.6. The lowest BCUT2D eigenvalue weighted by molar-refractivity contribution is -0.146. The number of hydrogen-bond donors (Lipinski definition) is 1. The minimum absolute atomic E-state index is 0.00707. The molecule has 6 rings (SSSR count). The number of para-hydroxylation sites is 1. The van der Waals surface area contributed by atoms with Gasteiger partial charge in [-0.25, -0.2) is 0 Å². The van der Waals surface area contributed by atoms with Crippen LogP contribution in [0, 0.1) is 5.92 Å². The SMILES string of the molecule is C[C@@H]1[C@@H]([Si](C)(C)F)[C@H](CCn2cc(CCO)nn2)O[C@@]12C(=O)N(Cc1cccc(N3CCCCCCC3=O)c1)c1ccccc12. The van der Waals surface area contributed by atoms with Gasteiger partial charge in [-0.15, -0.1) is 5.10 Å². The van der Waals surface area contributed by atoms with Crippen molar-refractivity contribution in [3.8, 4) is 0 Å². The molecule has 4 atom stereocenters. The van der Waals surface area contributed by atoms with Gasteiger partial charge in [-0.1, -0.05) is 55.3 Å². The van der Waals surface area contributed by atoms with E-state index in [1.54, 1.807) is 28.9 Å². The lowest BCUT2D eigenvalue weighted by Crippen LogP contribution is -2.45. The van der Waals surface area contributed by atoms with Gasteiger partial charge in [-0.2, -0.15) is 0 Å². The van der Waals surface area contributed by atoms with Crippen molar-refractivity contribution in [2.75, 3.05) is 23.0 Å². The average Bonchev–Trinajstić information content (AvgIpc) is 3.64. The summed E-state index contributed by atoms with van der Waals surface area (Å²) in [6.07, 6.45) is 6.88. The van der Waals surface area contributed by atoms with Crippen LogP contribution in [0.2, 0.25) is 18.6 Å². The first-order valence-corrected chi connectivity index (χ1v) is 19.3. The fraction of sp³-hybridized carbons (Fsp3) is 0.529. The molecule has 3 aromatic rings. The molecule has 0 saturated carbocycles. The summed E-state index contributed by atoms with van der Waals surface area (Å²) >= 11 is 0. The maximum absolute atomic E-state index is 16.2. The Balaban J connectivity index is 1.29. The van der Waals surface area contributed by atoms with E-state index in [-0.39, 0.29) is 24.3 Å². The molecule has 0 unspecified atom stereocenters. The zero-order chi connectivity index (χ0) is 31.8. The zero-order valence-electron chi connectivity index (χ0n) is 26.5. The number of carbonyl (C=O) groups excluding carboxylic acids is 2. The van der Waals surface area contributed by atoms with Crippen molar-refractivity contribution in [2.45, 2.75) is 95.3 Å². The molecule has 1 spiro atoms. The van der Waals surface area contributed by atoms with E-state index >= 15 is 4.11 Å². The van der Waals surface area contributed by atoms with Crippen LogP contribution in [0.1, 0.15) is 62.3 Å². The number of carbonyl (C=O) groups is 2. The third-order valence-corrected chi connectivity index (χ3v) is 12.3. The predicted octanol–water partition coefficient (Wildman–Crippen LogP) is 5.52. The van der Waals surface area contributed by atoms with Crippen LogP contribution >= 0.6 is 0 Å². The second kappa shape index (κ2) is 12.8. The van der Waals surface area contributed by atoms with Crippen LogP contribution in [0.4, 0.5) is 15.5 Å². The van der Waals surface area contributed by atoms with E-state index < -0.39 is 25.7 Å². The number of fused-ring (bicyclic) bond motifs is 2. The number of hydrogen-bond acceptors (Lipinski definition) is 6. The van der Waals surface area contributed by atoms with Crippen LogP contribution in [0.3, 0.4) is 0 Å². The number of aromatic nitrogens is 3. The third kappa shape index (κ3) is 5.97. The molecule has 2 fully saturated rings. The number of benzene rings is 2. The highest BCUT2D eigenvalue weighted by atomic mass is 28.4. The number of nitrogens with zero attached hydrogens (tertiary/aromatic N) is 5. The molecule has 3 aliphatic rings. The Morgan fingerprint density at radius 3 is 2.69 bits per heavy atom. The molecule has 45 heavy (non-hydrogen) atoms. The monoisotopic (exact) mass is 633 g/mol. The molecule has 2 amide bonds. The largest absolute Gasteiger partial charge is 0.396 e. The van der Waals surface area contributed by atoms with Gasteiger partial charge in [0.2, 0.25) is 14.3 Å². The highest BCUT2D eigenvalue weighted by Gasteiger charge is 2.66. The number of aliphatic hydroxyl groups excluding tert-OH is 1. The van der Waals surface area contributed by atoms with Gasteiger partial charge < -0.3 is 23.8 Å². The van der Waals surface area contributed by atoms with Crippen LogP contribution in [-0.4, -0.2) is 59.6 Å². The van der Waals surface area contributed by atoms with E-state index in [4.69, 9.17) is 4.74 Å². The molecule has 3 aliphatic heterocycles. The fourth-order valence-electron chi connectivity index (χ4n) is 7.80. The quantitative estimate of drug-likeness (QED) is 0.246. The summed E-state index contributed by atoms with van der Waals surface area (Å²) in [7, 11) is -3.29. The van der Waals surface area contributed by atoms with Gasteiger partial charge in [0.1, 0.15) is 0 Å². The Labute approximate surface area is 265 Å². The fourth-order valence-corrected chi connectivity index (χ4v) is 10.3. The summed E-state index contributed by atoms with van der Waals surface area (Å²) < 4.78 is 24.7. The molecule has 9 nitrogen and oxygen atoms in total. The minimum atomic E-state index is -3.29. The molecule has 2 aromatic carbocycles. The minimum Gasteiger partial charge on any atom is -0.396 e. The van der Waals surface area contributed by atoms with E-state index in [0.717, 1.165) is 48.2 Å². The molecule has 1 N–H and O–H groups in total. The highest BCUT2D eigenvalue weighted by Crippen LogP contribution is 2.60. The second-order valence-corrected chi connectivity index (χ2v) is 17.1. The van der Waals surface area contributed by atoms with Crippen LogP contribution in [0.25, 0.3) is 0 Å². The molecular weight excluding hydrogens is 589 g/mol. The number of amides is 2. The van der Waals surface area contributed by atoms with Crippen molar-refractivity contribution in [1.29, 1.82) is 0 Å². The topological polar surface area (TPSA) is 101 Å². The summed E-state index contributed by atoms with van der Waals surface area (Å²) in [6.45, 7) is 6.87. The molecule has 0 bridgehead atoms. The second-order valence-electron chi connectivity index (χ2n) is 13.3. The standard InChI is InChI=1S/C34H44FN5O4Si/c1-24-32(45(2,3)35)30(16-19-38-23-26(17-20-41)36-37-38)44-34(24)28-13-7-8-14-29(28)40(33(34)43)22-25-11-10-12-27(21-25)39-18-9-5-4-6-15-31(39)42/h7-8,10-14,21,23-24,30,32,41H,4-6,9,15-20,22H2,1-3H3/t24-,30+,32-,34+/m1/s1. The van der Waals surface area contributed by atoms with Crippen molar-refractivity contribution in [3.63, 3.8) is 0 Å². The van der Waals surface area contributed by atoms with Crippen LogP contribution in [-0.2, 0) is 39.4 Å². The van der Waals surface area contributed by atoms with E-state index in [1.807, 2.05) is 60.4 Å². The number of anilines is 2. The Bertz CT molecular complexity index is 1540. The van der Waals surface area contributed by atoms with E-state index in [0.29, 0.717) is 44.6 Å². The van der Waals surface area contributed by atoms with Gasteiger partial charge in [0, 0.05) is 61.4 Å². The maximum Gasteiger partial charge on any atom is 0.264 e. The molecule has 0 radical (unpaired) electrons. The van der Waals surface area contributed by atoms with Crippen molar-refractivity contribution in [3.05, 3.63) is 71.5 Å². The predicted molar refractivity (Wildman–Crippen MR) is 173 cm³/mol. The van der Waals surface area contributed by atoms with Gasteiger partial charge in [0.05, 0.1) is 24.0 Å². The van der Waals surface area contributed by atoms with Gasteiger partial charge in [-0.3, -0.25) is 14.3 Å². The average molecular weight is 634 g/mol. The lowest BCUT2D eigenvalue weighted by Gasteiger charge is -2.31. The van der Waals surface area contributed by atoms with Crippen LogP contribution in [0.15, 0.2) is 54.7 Å². The summed E-state index contributed by atoms with van der Waals surface area (Å²) in [5.41, 5.74) is 2.35. The zero-order valence-corrected chi connectivity index (χ0v) is 27.5. The van der Waals surface area contributed by atoms with Crippen LogP contribution < -0.4 is 9.80 Å². The van der Waals surface area contributed by atoms with Crippen molar-refractivity contribution in [2.24, 2.45) is 5.92 Å². The molecule has 2 saturated heterocycles.